The number of aliphatic carboxylic acids is 1. The first-order valence-electron chi connectivity index (χ1n) is 12.0. The average molecular weight is 487 g/mol. The Bertz CT molecular complexity index is 1200. The van der Waals surface area contributed by atoms with Gasteiger partial charge in [0.2, 0.25) is 5.91 Å². The average Bonchev–Trinajstić information content (AvgIpc) is 3.20. The second-order valence-electron chi connectivity index (χ2n) is 9.36. The number of rotatable bonds is 9. The topological polar surface area (TPSA) is 105 Å². The van der Waals surface area contributed by atoms with Crippen LogP contribution in [0.25, 0.3) is 11.1 Å². The highest BCUT2D eigenvalue weighted by atomic mass is 16.5. The van der Waals surface area contributed by atoms with Crippen molar-refractivity contribution in [1.82, 2.24) is 10.6 Å². The first-order valence-corrected chi connectivity index (χ1v) is 12.0. The maximum atomic E-state index is 13.3. The summed E-state index contributed by atoms with van der Waals surface area (Å²) < 4.78 is 5.29. The van der Waals surface area contributed by atoms with E-state index in [2.05, 4.69) is 10.6 Å². The maximum Gasteiger partial charge on any atom is 0.408 e. The summed E-state index contributed by atoms with van der Waals surface area (Å²) in [5, 5.41) is 15.5. The lowest BCUT2D eigenvalue weighted by atomic mass is 9.89. The zero-order valence-electron chi connectivity index (χ0n) is 20.3. The predicted molar refractivity (Wildman–Crippen MR) is 136 cm³/mol. The number of fused-ring (bicyclic) bond motifs is 3. The minimum atomic E-state index is -1.21. The molecule has 186 valence electrons. The lowest BCUT2D eigenvalue weighted by Crippen LogP contribution is -2.53. The Morgan fingerprint density at radius 3 is 1.94 bits per heavy atom. The molecule has 4 rings (SSSR count). The molecule has 0 bridgehead atoms. The van der Waals surface area contributed by atoms with Crippen LogP contribution < -0.4 is 10.6 Å². The fourth-order valence-corrected chi connectivity index (χ4v) is 4.71. The van der Waals surface area contributed by atoms with Crippen molar-refractivity contribution in [1.29, 1.82) is 0 Å². The fourth-order valence-electron chi connectivity index (χ4n) is 4.71. The predicted octanol–water partition coefficient (Wildman–Crippen LogP) is 4.71. The number of nitrogens with one attached hydrogen (secondary N) is 2. The zero-order valence-corrected chi connectivity index (χ0v) is 20.3. The van der Waals surface area contributed by atoms with Gasteiger partial charge in [-0.25, -0.2) is 9.59 Å². The molecule has 3 N–H and O–H groups in total. The molecule has 7 nitrogen and oxygen atoms in total. The van der Waals surface area contributed by atoms with E-state index in [4.69, 9.17) is 4.74 Å². The van der Waals surface area contributed by atoms with E-state index in [1.54, 1.807) is 0 Å². The Morgan fingerprint density at radius 2 is 1.39 bits per heavy atom. The molecule has 2 atom stereocenters. The zero-order chi connectivity index (χ0) is 25.7. The van der Waals surface area contributed by atoms with Crippen molar-refractivity contribution >= 4 is 18.0 Å². The second kappa shape index (κ2) is 11.1. The summed E-state index contributed by atoms with van der Waals surface area (Å²) in [6, 6.07) is 22.3. The molecule has 0 heterocycles. The first kappa shape index (κ1) is 25.0. The largest absolute Gasteiger partial charge is 0.480 e. The molecule has 0 radical (unpaired) electrons. The minimum absolute atomic E-state index is 0.0656. The van der Waals surface area contributed by atoms with Gasteiger partial charge in [0.25, 0.3) is 0 Å². The van der Waals surface area contributed by atoms with E-state index >= 15 is 0 Å². The van der Waals surface area contributed by atoms with Gasteiger partial charge < -0.3 is 20.5 Å². The van der Waals surface area contributed by atoms with Crippen LogP contribution in [0.15, 0.2) is 78.9 Å². The first-order chi connectivity index (χ1) is 17.3. The summed E-state index contributed by atoms with van der Waals surface area (Å²) in [5.74, 6) is -2.18. The molecule has 3 aromatic carbocycles. The summed E-state index contributed by atoms with van der Waals surface area (Å²) in [4.78, 5) is 38.3. The van der Waals surface area contributed by atoms with Crippen LogP contribution in [0.1, 0.15) is 42.9 Å². The molecule has 0 spiro atoms. The number of carboxylic acid groups (broad SMARTS) is 1. The lowest BCUT2D eigenvalue weighted by molar-refractivity contribution is -0.142. The molecule has 0 aliphatic heterocycles. The molecule has 0 unspecified atom stereocenters. The summed E-state index contributed by atoms with van der Waals surface area (Å²) in [6.07, 6.45) is -0.403. The maximum absolute atomic E-state index is 13.3. The van der Waals surface area contributed by atoms with Gasteiger partial charge in [-0.05, 0) is 40.2 Å². The second-order valence-corrected chi connectivity index (χ2v) is 9.36. The van der Waals surface area contributed by atoms with E-state index in [0.717, 1.165) is 27.8 Å². The van der Waals surface area contributed by atoms with E-state index in [0.29, 0.717) is 6.42 Å². The third-order valence-electron chi connectivity index (χ3n) is 6.31. The van der Waals surface area contributed by atoms with Crippen LogP contribution in [0.4, 0.5) is 4.79 Å². The van der Waals surface area contributed by atoms with E-state index in [-0.39, 0.29) is 12.5 Å². The van der Waals surface area contributed by atoms with Gasteiger partial charge in [0.05, 0.1) is 0 Å². The molecule has 0 saturated carbocycles. The van der Waals surface area contributed by atoms with Crippen LogP contribution in [-0.2, 0) is 20.9 Å². The van der Waals surface area contributed by atoms with Crippen molar-refractivity contribution in [2.45, 2.75) is 44.9 Å². The van der Waals surface area contributed by atoms with Crippen LogP contribution in [0.3, 0.4) is 0 Å². The molecule has 0 aromatic heterocycles. The highest BCUT2D eigenvalue weighted by Crippen LogP contribution is 2.46. The Kier molecular flexibility index (Phi) is 7.68. The van der Waals surface area contributed by atoms with Gasteiger partial charge in [0.15, 0.2) is 0 Å². The van der Waals surface area contributed by atoms with Crippen LogP contribution >= 0.6 is 0 Å². The van der Waals surface area contributed by atoms with Gasteiger partial charge >= 0.3 is 12.1 Å². The van der Waals surface area contributed by atoms with Gasteiger partial charge in [-0.1, -0.05) is 92.7 Å². The molecule has 3 aromatic rings. The Hall–Kier alpha value is -4.13. The molecule has 1 aliphatic rings. The molecule has 1 aliphatic carbocycles. The molecule has 0 fully saturated rings. The Balaban J connectivity index is 1.52. The summed E-state index contributed by atoms with van der Waals surface area (Å²) >= 11 is 0. The third kappa shape index (κ3) is 5.57. The van der Waals surface area contributed by atoms with Crippen LogP contribution in [-0.4, -0.2) is 35.2 Å². The normalized spacial score (nSPS) is 13.9. The monoisotopic (exact) mass is 486 g/mol. The number of alkyl carbamates (subject to hydrolysis) is 1. The summed E-state index contributed by atoms with van der Waals surface area (Å²) in [6.45, 7) is 3.92. The van der Waals surface area contributed by atoms with Crippen molar-refractivity contribution in [3.63, 3.8) is 0 Å². The summed E-state index contributed by atoms with van der Waals surface area (Å²) in [5.41, 5.74) is 4.44. The molecule has 7 heteroatoms. The van der Waals surface area contributed by atoms with Crippen molar-refractivity contribution in [3.05, 3.63) is 95.6 Å². The lowest BCUT2D eigenvalue weighted by Gasteiger charge is -2.26. The van der Waals surface area contributed by atoms with Gasteiger partial charge in [0.1, 0.15) is 18.7 Å². The number of carbonyl (C=O) groups excluding carboxylic acids is 2. The van der Waals surface area contributed by atoms with Gasteiger partial charge in [-0.2, -0.15) is 0 Å². The Labute approximate surface area is 210 Å². The van der Waals surface area contributed by atoms with E-state index in [9.17, 15) is 19.5 Å². The highest BCUT2D eigenvalue weighted by Gasteiger charge is 2.40. The molecule has 0 saturated heterocycles. The van der Waals surface area contributed by atoms with Crippen molar-refractivity contribution in [2.24, 2.45) is 5.92 Å². The number of hydrogen-bond acceptors (Lipinski definition) is 4. The van der Waals surface area contributed by atoms with Crippen LogP contribution in [0, 0.1) is 5.92 Å². The van der Waals surface area contributed by atoms with E-state index in [1.807, 2.05) is 92.7 Å². The number of hydrogen-bond donors (Lipinski definition) is 3. The van der Waals surface area contributed by atoms with Crippen molar-refractivity contribution < 1.29 is 24.2 Å². The van der Waals surface area contributed by atoms with Crippen LogP contribution in [0.2, 0.25) is 0 Å². The highest BCUT2D eigenvalue weighted by molar-refractivity contribution is 5.91. The third-order valence-corrected chi connectivity index (χ3v) is 6.31. The van der Waals surface area contributed by atoms with Gasteiger partial charge in [-0.15, -0.1) is 0 Å². The Morgan fingerprint density at radius 1 is 0.833 bits per heavy atom. The standard InChI is InChI=1S/C29H30N2O5/c1-18(2)16-24(30-29(35)36-17-19-10-4-3-5-11-19)27(32)31-26(28(33)34)25-22-14-8-6-12-20(22)21-13-7-9-15-23(21)25/h3-15,18,24-26H,16-17H2,1-2H3,(H,30,35)(H,31,32)(H,33,34)/t24-,26-/m0/s1. The number of ether oxygens (including phenoxy) is 1. The molecule has 2 amide bonds. The van der Waals surface area contributed by atoms with Crippen LogP contribution in [0.5, 0.6) is 0 Å². The molecular weight excluding hydrogens is 456 g/mol. The van der Waals surface area contributed by atoms with E-state index < -0.39 is 36.0 Å². The number of amides is 2. The van der Waals surface area contributed by atoms with Gasteiger partial charge in [0, 0.05) is 5.92 Å². The SMILES string of the molecule is CC(C)C[C@H](NC(=O)OCc1ccccc1)C(=O)N[C@H](C(=O)O)C1c2ccccc2-c2ccccc21. The fraction of sp³-hybridized carbons (Fsp3) is 0.276. The number of carbonyl (C=O) groups is 3. The van der Waals surface area contributed by atoms with Crippen molar-refractivity contribution in [3.8, 4) is 11.1 Å². The van der Waals surface area contributed by atoms with Crippen molar-refractivity contribution in [2.75, 3.05) is 0 Å². The van der Waals surface area contributed by atoms with E-state index in [1.165, 1.54) is 0 Å². The number of benzene rings is 3. The molecule has 36 heavy (non-hydrogen) atoms. The smallest absolute Gasteiger partial charge is 0.408 e. The number of carboxylic acids is 1. The minimum Gasteiger partial charge on any atom is -0.480 e. The summed E-state index contributed by atoms with van der Waals surface area (Å²) in [7, 11) is 0. The van der Waals surface area contributed by atoms with Gasteiger partial charge in [-0.3, -0.25) is 4.79 Å². The quantitative estimate of drug-likeness (QED) is 0.406. The molecular formula is C29H30N2O5.